The van der Waals surface area contributed by atoms with Crippen LogP contribution in [0.25, 0.3) is 0 Å². The summed E-state index contributed by atoms with van der Waals surface area (Å²) in [5, 5.41) is 6.78. The molecular weight excluding hydrogens is 274 g/mol. The van der Waals surface area contributed by atoms with E-state index in [2.05, 4.69) is 10.6 Å². The van der Waals surface area contributed by atoms with E-state index in [4.69, 9.17) is 0 Å². The van der Waals surface area contributed by atoms with Crippen molar-refractivity contribution in [1.29, 1.82) is 0 Å². The van der Waals surface area contributed by atoms with Crippen molar-refractivity contribution in [2.45, 2.75) is 30.2 Å². The lowest BCUT2D eigenvalue weighted by molar-refractivity contribution is 0.414. The smallest absolute Gasteiger partial charge is 0.242 e. The second-order valence-electron chi connectivity index (χ2n) is 5.34. The number of nitrogens with zero attached hydrogens (tertiary/aromatic N) is 1. The molecule has 2 N–H and O–H groups in total. The highest BCUT2D eigenvalue weighted by Crippen LogP contribution is 2.18. The molecule has 0 radical (unpaired) electrons. The average Bonchev–Trinajstić information content (AvgIpc) is 2.46. The summed E-state index contributed by atoms with van der Waals surface area (Å²) in [6.45, 7) is 1.90. The minimum atomic E-state index is -3.36. The summed E-state index contributed by atoms with van der Waals surface area (Å²) in [4.78, 5) is 0.323. The summed E-state index contributed by atoms with van der Waals surface area (Å²) in [5.41, 5.74) is 0.847. The van der Waals surface area contributed by atoms with Crippen LogP contribution in [0.15, 0.2) is 29.2 Å². The fourth-order valence-corrected chi connectivity index (χ4v) is 3.26. The monoisotopic (exact) mass is 297 g/mol. The number of nitrogens with one attached hydrogen (secondary N) is 2. The van der Waals surface area contributed by atoms with E-state index in [9.17, 15) is 8.42 Å². The van der Waals surface area contributed by atoms with E-state index in [1.807, 2.05) is 6.07 Å². The van der Waals surface area contributed by atoms with Crippen molar-refractivity contribution in [2.75, 3.05) is 32.5 Å². The van der Waals surface area contributed by atoms with Gasteiger partial charge in [0.15, 0.2) is 0 Å². The van der Waals surface area contributed by atoms with Crippen LogP contribution < -0.4 is 10.6 Å². The maximum atomic E-state index is 12.1. The van der Waals surface area contributed by atoms with E-state index < -0.39 is 10.0 Å². The molecule has 5 nitrogen and oxygen atoms in total. The minimum absolute atomic E-state index is 0.323. The molecule has 1 aliphatic rings. The van der Waals surface area contributed by atoms with Crippen molar-refractivity contribution >= 4 is 15.7 Å². The van der Waals surface area contributed by atoms with Gasteiger partial charge in [-0.1, -0.05) is 12.5 Å². The number of sulfonamides is 1. The predicted octanol–water partition coefficient (Wildman–Crippen LogP) is 1.49. The molecular formula is C14H23N3O2S. The fourth-order valence-electron chi connectivity index (χ4n) is 2.32. The highest BCUT2D eigenvalue weighted by molar-refractivity contribution is 7.89. The van der Waals surface area contributed by atoms with E-state index >= 15 is 0 Å². The van der Waals surface area contributed by atoms with E-state index in [1.54, 1.807) is 32.3 Å². The van der Waals surface area contributed by atoms with E-state index in [0.717, 1.165) is 18.8 Å². The number of piperidine rings is 1. The molecule has 1 aromatic rings. The topological polar surface area (TPSA) is 61.4 Å². The molecule has 1 atom stereocenters. The number of hydrogen-bond acceptors (Lipinski definition) is 4. The lowest BCUT2D eigenvalue weighted by Crippen LogP contribution is -2.39. The molecule has 0 aliphatic carbocycles. The fraction of sp³-hybridized carbons (Fsp3) is 0.571. The number of benzene rings is 1. The highest BCUT2D eigenvalue weighted by Gasteiger charge is 2.17. The van der Waals surface area contributed by atoms with Gasteiger partial charge in [0, 0.05) is 32.4 Å². The van der Waals surface area contributed by atoms with Gasteiger partial charge in [0.2, 0.25) is 10.0 Å². The summed E-state index contributed by atoms with van der Waals surface area (Å²) in [6, 6.07) is 7.46. The molecule has 1 aromatic carbocycles. The summed E-state index contributed by atoms with van der Waals surface area (Å²) in [7, 11) is -0.279. The zero-order chi connectivity index (χ0) is 14.6. The van der Waals surface area contributed by atoms with Gasteiger partial charge >= 0.3 is 0 Å². The molecule has 1 heterocycles. The van der Waals surface area contributed by atoms with Crippen LogP contribution in [0, 0.1) is 0 Å². The maximum absolute atomic E-state index is 12.1. The molecule has 2 rings (SSSR count). The van der Waals surface area contributed by atoms with Gasteiger partial charge in [0.1, 0.15) is 0 Å². The van der Waals surface area contributed by atoms with Gasteiger partial charge < -0.3 is 10.6 Å². The van der Waals surface area contributed by atoms with Gasteiger partial charge in [-0.2, -0.15) is 0 Å². The molecule has 0 amide bonds. The third-order valence-electron chi connectivity index (χ3n) is 3.58. The lowest BCUT2D eigenvalue weighted by atomic mass is 10.1. The summed E-state index contributed by atoms with van der Waals surface area (Å²) >= 11 is 0. The zero-order valence-corrected chi connectivity index (χ0v) is 12.9. The Morgan fingerprint density at radius 1 is 1.35 bits per heavy atom. The molecule has 1 fully saturated rings. The highest BCUT2D eigenvalue weighted by atomic mass is 32.2. The van der Waals surface area contributed by atoms with Crippen molar-refractivity contribution < 1.29 is 8.42 Å². The number of rotatable bonds is 5. The third-order valence-corrected chi connectivity index (χ3v) is 5.39. The average molecular weight is 297 g/mol. The molecule has 1 unspecified atom stereocenters. The molecule has 0 spiro atoms. The zero-order valence-electron chi connectivity index (χ0n) is 12.1. The Balaban J connectivity index is 2.02. The van der Waals surface area contributed by atoms with Crippen molar-refractivity contribution in [3.8, 4) is 0 Å². The van der Waals surface area contributed by atoms with Gasteiger partial charge in [-0.05, 0) is 37.6 Å². The van der Waals surface area contributed by atoms with Crippen LogP contribution in [0.3, 0.4) is 0 Å². The van der Waals surface area contributed by atoms with Gasteiger partial charge in [0.05, 0.1) is 4.90 Å². The standard InChI is InChI=1S/C14H23N3O2S/c1-17(2)20(18,19)14-8-5-7-12(10-14)16-11-13-6-3-4-9-15-13/h5,7-8,10,13,15-16H,3-4,6,9,11H2,1-2H3. The summed E-state index contributed by atoms with van der Waals surface area (Å²) in [5.74, 6) is 0. The Bertz CT molecular complexity index is 537. The SMILES string of the molecule is CN(C)S(=O)(=O)c1cccc(NCC2CCCCN2)c1. The first kappa shape index (κ1) is 15.3. The Hall–Kier alpha value is -1.11. The van der Waals surface area contributed by atoms with Crippen LogP contribution in [0.2, 0.25) is 0 Å². The van der Waals surface area contributed by atoms with Crippen LogP contribution >= 0.6 is 0 Å². The molecule has 1 saturated heterocycles. The molecule has 0 aromatic heterocycles. The predicted molar refractivity (Wildman–Crippen MR) is 81.4 cm³/mol. The van der Waals surface area contributed by atoms with E-state index in [1.165, 1.54) is 23.6 Å². The number of anilines is 1. The van der Waals surface area contributed by atoms with Crippen LogP contribution in [0.1, 0.15) is 19.3 Å². The Kier molecular flexibility index (Phi) is 5.01. The molecule has 1 aliphatic heterocycles. The van der Waals surface area contributed by atoms with Crippen LogP contribution in [0.4, 0.5) is 5.69 Å². The van der Waals surface area contributed by atoms with Crippen molar-refractivity contribution in [3.05, 3.63) is 24.3 Å². The Labute approximate surface area is 121 Å². The Morgan fingerprint density at radius 2 is 2.15 bits per heavy atom. The molecule has 20 heavy (non-hydrogen) atoms. The van der Waals surface area contributed by atoms with Gasteiger partial charge in [-0.25, -0.2) is 12.7 Å². The number of hydrogen-bond donors (Lipinski definition) is 2. The third kappa shape index (κ3) is 3.71. The first-order valence-corrected chi connectivity index (χ1v) is 8.44. The van der Waals surface area contributed by atoms with E-state index in [-0.39, 0.29) is 0 Å². The van der Waals surface area contributed by atoms with Gasteiger partial charge in [-0.3, -0.25) is 0 Å². The molecule has 0 saturated carbocycles. The van der Waals surface area contributed by atoms with Crippen LogP contribution in [0.5, 0.6) is 0 Å². The molecule has 112 valence electrons. The van der Waals surface area contributed by atoms with Crippen molar-refractivity contribution in [3.63, 3.8) is 0 Å². The summed E-state index contributed by atoms with van der Waals surface area (Å²) < 4.78 is 25.4. The minimum Gasteiger partial charge on any atom is -0.383 e. The normalized spacial score (nSPS) is 20.1. The second-order valence-corrected chi connectivity index (χ2v) is 7.49. The lowest BCUT2D eigenvalue weighted by Gasteiger charge is -2.24. The van der Waals surface area contributed by atoms with Crippen LogP contribution in [-0.2, 0) is 10.0 Å². The maximum Gasteiger partial charge on any atom is 0.242 e. The van der Waals surface area contributed by atoms with E-state index in [0.29, 0.717) is 10.9 Å². The summed E-state index contributed by atoms with van der Waals surface area (Å²) in [6.07, 6.45) is 3.67. The second kappa shape index (κ2) is 6.56. The van der Waals surface area contributed by atoms with Crippen molar-refractivity contribution in [2.24, 2.45) is 0 Å². The largest absolute Gasteiger partial charge is 0.383 e. The van der Waals surface area contributed by atoms with Crippen LogP contribution in [-0.4, -0.2) is 45.9 Å². The Morgan fingerprint density at radius 3 is 2.80 bits per heavy atom. The first-order valence-electron chi connectivity index (χ1n) is 7.00. The van der Waals surface area contributed by atoms with Gasteiger partial charge in [-0.15, -0.1) is 0 Å². The quantitative estimate of drug-likeness (QED) is 0.864. The first-order chi connectivity index (χ1) is 9.50. The van der Waals surface area contributed by atoms with Gasteiger partial charge in [0.25, 0.3) is 0 Å². The van der Waals surface area contributed by atoms with Crippen molar-refractivity contribution in [1.82, 2.24) is 9.62 Å². The molecule has 6 heteroatoms. The molecule has 0 bridgehead atoms.